The topological polar surface area (TPSA) is 42.0 Å². The van der Waals surface area contributed by atoms with Gasteiger partial charge in [-0.3, -0.25) is 4.79 Å². The van der Waals surface area contributed by atoms with Crippen molar-refractivity contribution in [3.05, 3.63) is 95.9 Å². The lowest BCUT2D eigenvalue weighted by Crippen LogP contribution is -2.14. The minimum atomic E-state index is -0.0195. The molecule has 1 N–H and O–H groups in total. The van der Waals surface area contributed by atoms with Crippen LogP contribution in [0.25, 0.3) is 21.8 Å². The van der Waals surface area contributed by atoms with Gasteiger partial charge in [-0.2, -0.15) is 0 Å². The summed E-state index contributed by atoms with van der Waals surface area (Å²) < 4.78 is 0. The van der Waals surface area contributed by atoms with E-state index >= 15 is 0 Å². The van der Waals surface area contributed by atoms with Crippen molar-refractivity contribution in [3.8, 4) is 21.8 Å². The van der Waals surface area contributed by atoms with E-state index in [1.807, 2.05) is 72.8 Å². The van der Waals surface area contributed by atoms with E-state index < -0.39 is 0 Å². The lowest BCUT2D eigenvalue weighted by atomic mass is 10.1. The fourth-order valence-electron chi connectivity index (χ4n) is 2.83. The fraction of sp³-hybridized carbons (Fsp3) is 0.0435. The van der Waals surface area contributed by atoms with Crippen LogP contribution in [-0.2, 0) is 11.2 Å². The number of benzene rings is 3. The molecular weight excluding hydrogens is 352 g/mol. The highest BCUT2D eigenvalue weighted by molar-refractivity contribution is 7.13. The van der Waals surface area contributed by atoms with Crippen LogP contribution in [0.2, 0.25) is 0 Å². The van der Waals surface area contributed by atoms with E-state index in [2.05, 4.69) is 22.8 Å². The maximum absolute atomic E-state index is 12.2. The van der Waals surface area contributed by atoms with Crippen LogP contribution in [0.1, 0.15) is 5.56 Å². The van der Waals surface area contributed by atoms with Crippen molar-refractivity contribution in [3.63, 3.8) is 0 Å². The molecule has 0 aliphatic carbocycles. The summed E-state index contributed by atoms with van der Waals surface area (Å²) in [7, 11) is 0. The van der Waals surface area contributed by atoms with Gasteiger partial charge in [-0.05, 0) is 17.7 Å². The number of carbonyl (C=O) groups is 1. The van der Waals surface area contributed by atoms with Crippen LogP contribution in [0.5, 0.6) is 0 Å². The Morgan fingerprint density at radius 2 is 1.48 bits per heavy atom. The predicted octanol–water partition coefficient (Wildman–Crippen LogP) is 5.66. The number of hydrogen-bond donors (Lipinski definition) is 1. The molecule has 0 aliphatic heterocycles. The molecule has 0 spiro atoms. The third-order valence-electron chi connectivity index (χ3n) is 4.20. The van der Waals surface area contributed by atoms with Gasteiger partial charge < -0.3 is 5.32 Å². The van der Waals surface area contributed by atoms with E-state index in [1.54, 1.807) is 11.3 Å². The number of anilines is 1. The molecule has 1 heterocycles. The Balaban J connectivity index is 1.43. The van der Waals surface area contributed by atoms with Crippen molar-refractivity contribution in [1.82, 2.24) is 4.98 Å². The summed E-state index contributed by atoms with van der Waals surface area (Å²) in [6.45, 7) is 0. The molecule has 27 heavy (non-hydrogen) atoms. The fourth-order valence-corrected chi connectivity index (χ4v) is 3.67. The van der Waals surface area contributed by atoms with Crippen LogP contribution in [0.15, 0.2) is 90.3 Å². The summed E-state index contributed by atoms with van der Waals surface area (Å²) in [5.41, 5.74) is 4.90. The predicted molar refractivity (Wildman–Crippen MR) is 112 cm³/mol. The summed E-state index contributed by atoms with van der Waals surface area (Å²) in [5.74, 6) is -0.0195. The van der Waals surface area contributed by atoms with E-state index in [4.69, 9.17) is 4.98 Å². The van der Waals surface area contributed by atoms with Gasteiger partial charge in [-0.15, -0.1) is 11.3 Å². The highest BCUT2D eigenvalue weighted by Gasteiger charge is 2.08. The third-order valence-corrected chi connectivity index (χ3v) is 5.09. The molecule has 4 aromatic rings. The van der Waals surface area contributed by atoms with E-state index in [0.29, 0.717) is 6.42 Å². The number of thiazole rings is 1. The van der Waals surface area contributed by atoms with Gasteiger partial charge >= 0.3 is 0 Å². The molecule has 0 atom stereocenters. The Labute approximate surface area is 162 Å². The molecule has 0 aliphatic rings. The van der Waals surface area contributed by atoms with Crippen LogP contribution in [0.3, 0.4) is 0 Å². The number of nitrogens with zero attached hydrogens (tertiary/aromatic N) is 1. The first kappa shape index (κ1) is 17.2. The van der Waals surface area contributed by atoms with Crippen molar-refractivity contribution < 1.29 is 4.79 Å². The van der Waals surface area contributed by atoms with Crippen LogP contribution >= 0.6 is 11.3 Å². The molecule has 0 saturated heterocycles. The molecule has 0 unspecified atom stereocenters. The van der Waals surface area contributed by atoms with Crippen LogP contribution in [0.4, 0.5) is 5.69 Å². The maximum atomic E-state index is 12.2. The largest absolute Gasteiger partial charge is 0.326 e. The van der Waals surface area contributed by atoms with Gasteiger partial charge in [-0.1, -0.05) is 72.8 Å². The maximum Gasteiger partial charge on any atom is 0.228 e. The number of carbonyl (C=O) groups excluding carboxylic acids is 1. The van der Waals surface area contributed by atoms with Crippen LogP contribution in [-0.4, -0.2) is 10.9 Å². The number of aromatic nitrogens is 1. The van der Waals surface area contributed by atoms with Gasteiger partial charge in [0, 0.05) is 22.2 Å². The highest BCUT2D eigenvalue weighted by atomic mass is 32.1. The summed E-state index contributed by atoms with van der Waals surface area (Å²) in [5, 5.41) is 6.01. The second-order valence-corrected chi connectivity index (χ2v) is 7.05. The zero-order chi connectivity index (χ0) is 18.5. The van der Waals surface area contributed by atoms with Crippen LogP contribution < -0.4 is 5.32 Å². The molecule has 1 amide bonds. The smallest absolute Gasteiger partial charge is 0.228 e. The number of rotatable bonds is 5. The SMILES string of the molecule is O=C(Cc1ccccc1)Nc1ccc(-c2csc(-c3ccccc3)n2)cc1. The van der Waals surface area contributed by atoms with E-state index in [1.165, 1.54) is 0 Å². The van der Waals surface area contributed by atoms with Gasteiger partial charge in [0.1, 0.15) is 5.01 Å². The Morgan fingerprint density at radius 3 is 2.19 bits per heavy atom. The molecule has 4 heteroatoms. The monoisotopic (exact) mass is 370 g/mol. The molecule has 3 nitrogen and oxygen atoms in total. The highest BCUT2D eigenvalue weighted by Crippen LogP contribution is 2.29. The van der Waals surface area contributed by atoms with Gasteiger partial charge in [0.2, 0.25) is 5.91 Å². The molecule has 0 saturated carbocycles. The lowest BCUT2D eigenvalue weighted by molar-refractivity contribution is -0.115. The van der Waals surface area contributed by atoms with Gasteiger partial charge in [0.05, 0.1) is 12.1 Å². The van der Waals surface area contributed by atoms with Crippen molar-refractivity contribution in [2.24, 2.45) is 0 Å². The third kappa shape index (κ3) is 4.30. The molecule has 4 rings (SSSR count). The zero-order valence-electron chi connectivity index (χ0n) is 14.6. The Bertz CT molecular complexity index is 1020. The lowest BCUT2D eigenvalue weighted by Gasteiger charge is -2.06. The van der Waals surface area contributed by atoms with Gasteiger partial charge in [0.15, 0.2) is 0 Å². The summed E-state index contributed by atoms with van der Waals surface area (Å²) in [6.07, 6.45) is 0.370. The average Bonchev–Trinajstić information content (AvgIpc) is 3.20. The average molecular weight is 370 g/mol. The van der Waals surface area contributed by atoms with E-state index in [0.717, 1.165) is 33.1 Å². The van der Waals surface area contributed by atoms with Gasteiger partial charge in [0.25, 0.3) is 0 Å². The van der Waals surface area contributed by atoms with Crippen molar-refractivity contribution in [1.29, 1.82) is 0 Å². The number of hydrogen-bond acceptors (Lipinski definition) is 3. The van der Waals surface area contributed by atoms with Crippen molar-refractivity contribution >= 4 is 22.9 Å². The van der Waals surface area contributed by atoms with Crippen molar-refractivity contribution in [2.75, 3.05) is 5.32 Å². The molecule has 0 fully saturated rings. The quantitative estimate of drug-likeness (QED) is 0.493. The first-order valence-corrected chi connectivity index (χ1v) is 9.61. The van der Waals surface area contributed by atoms with E-state index in [-0.39, 0.29) is 5.91 Å². The minimum Gasteiger partial charge on any atom is -0.326 e. The normalized spacial score (nSPS) is 10.5. The second kappa shape index (κ2) is 7.98. The Hall–Kier alpha value is -3.24. The minimum absolute atomic E-state index is 0.0195. The number of nitrogens with one attached hydrogen (secondary N) is 1. The summed E-state index contributed by atoms with van der Waals surface area (Å²) in [4.78, 5) is 16.9. The molecule has 3 aromatic carbocycles. The first-order valence-electron chi connectivity index (χ1n) is 8.73. The van der Waals surface area contributed by atoms with Gasteiger partial charge in [-0.25, -0.2) is 4.98 Å². The Kier molecular flexibility index (Phi) is 5.08. The van der Waals surface area contributed by atoms with Crippen molar-refractivity contribution in [2.45, 2.75) is 6.42 Å². The van der Waals surface area contributed by atoms with Crippen LogP contribution in [0, 0.1) is 0 Å². The number of amides is 1. The summed E-state index contributed by atoms with van der Waals surface area (Å²) in [6, 6.07) is 27.7. The Morgan fingerprint density at radius 1 is 0.815 bits per heavy atom. The van der Waals surface area contributed by atoms with E-state index in [9.17, 15) is 4.79 Å². The molecular formula is C23H18N2OS. The summed E-state index contributed by atoms with van der Waals surface area (Å²) >= 11 is 1.63. The molecule has 1 aromatic heterocycles. The second-order valence-electron chi connectivity index (χ2n) is 6.19. The molecule has 0 bridgehead atoms. The zero-order valence-corrected chi connectivity index (χ0v) is 15.4. The standard InChI is InChI=1S/C23H18N2OS/c26-22(15-17-7-3-1-4-8-17)24-20-13-11-18(12-14-20)21-16-27-23(25-21)19-9-5-2-6-10-19/h1-14,16H,15H2,(H,24,26). The first-order chi connectivity index (χ1) is 13.3. The molecule has 0 radical (unpaired) electrons. The molecule has 132 valence electrons.